The van der Waals surface area contributed by atoms with Crippen LogP contribution in [-0.4, -0.2) is 77.5 Å². The molecule has 24 heavy (non-hydrogen) atoms. The van der Waals surface area contributed by atoms with Crippen molar-refractivity contribution in [2.75, 3.05) is 65.9 Å². The van der Waals surface area contributed by atoms with E-state index in [1.54, 1.807) is 0 Å². The van der Waals surface area contributed by atoms with E-state index in [1.165, 1.54) is 0 Å². The molecule has 0 atom stereocenters. The molecule has 8 heteroatoms. The first-order valence-corrected chi connectivity index (χ1v) is 8.45. The molecule has 0 aromatic heterocycles. The zero-order valence-corrected chi connectivity index (χ0v) is 15.1. The summed E-state index contributed by atoms with van der Waals surface area (Å²) in [5, 5.41) is 0. The van der Waals surface area contributed by atoms with E-state index in [1.807, 2.05) is 13.8 Å². The number of ketones is 2. The molecule has 0 aromatic rings. The van der Waals surface area contributed by atoms with Crippen LogP contribution in [0, 0.1) is 0 Å². The van der Waals surface area contributed by atoms with Crippen LogP contribution in [0.5, 0.6) is 0 Å². The van der Waals surface area contributed by atoms with Crippen molar-refractivity contribution >= 4 is 11.6 Å². The van der Waals surface area contributed by atoms with E-state index in [2.05, 4.69) is 0 Å². The molecule has 144 valence electrons. The van der Waals surface area contributed by atoms with Crippen molar-refractivity contribution < 1.29 is 28.5 Å². The van der Waals surface area contributed by atoms with Gasteiger partial charge >= 0.3 is 0 Å². The minimum absolute atomic E-state index is 0.0540. The molecule has 8 nitrogen and oxygen atoms in total. The van der Waals surface area contributed by atoms with Crippen molar-refractivity contribution in [2.24, 2.45) is 11.5 Å². The second kappa shape index (κ2) is 22.1. The lowest BCUT2D eigenvalue weighted by molar-refractivity contribution is -0.128. The molecule has 0 amide bonds. The van der Waals surface area contributed by atoms with Gasteiger partial charge in [-0.2, -0.15) is 0 Å². The quantitative estimate of drug-likeness (QED) is 0.349. The molecule has 0 aliphatic carbocycles. The van der Waals surface area contributed by atoms with Gasteiger partial charge < -0.3 is 30.4 Å². The Hall–Kier alpha value is -0.900. The zero-order chi connectivity index (χ0) is 18.5. The van der Waals surface area contributed by atoms with Gasteiger partial charge in [0, 0.05) is 19.6 Å². The average Bonchev–Trinajstić information content (AvgIpc) is 2.61. The van der Waals surface area contributed by atoms with Crippen LogP contribution < -0.4 is 11.5 Å². The van der Waals surface area contributed by atoms with Crippen LogP contribution in [-0.2, 0) is 28.5 Å². The van der Waals surface area contributed by atoms with Crippen LogP contribution in [0.15, 0.2) is 0 Å². The van der Waals surface area contributed by atoms with Gasteiger partial charge in [0.25, 0.3) is 0 Å². The van der Waals surface area contributed by atoms with Gasteiger partial charge in [0.05, 0.1) is 39.6 Å². The fraction of sp³-hybridized carbons (Fsp3) is 0.875. The topological polar surface area (TPSA) is 123 Å². The Balaban J connectivity index is 0. The molecular weight excluding hydrogens is 316 g/mol. The van der Waals surface area contributed by atoms with E-state index in [4.69, 9.17) is 30.4 Å². The Morgan fingerprint density at radius 2 is 1.21 bits per heavy atom. The van der Waals surface area contributed by atoms with Crippen LogP contribution in [0.1, 0.15) is 26.7 Å². The van der Waals surface area contributed by atoms with E-state index < -0.39 is 0 Å². The summed E-state index contributed by atoms with van der Waals surface area (Å²) in [7, 11) is 0. The molecule has 4 N–H and O–H groups in total. The fourth-order valence-corrected chi connectivity index (χ4v) is 1.41. The molecule has 0 aliphatic rings. The lowest BCUT2D eigenvalue weighted by Gasteiger charge is -2.06. The number of hydrogen-bond donors (Lipinski definition) is 2. The van der Waals surface area contributed by atoms with Crippen molar-refractivity contribution in [2.45, 2.75) is 26.7 Å². The van der Waals surface area contributed by atoms with Crippen molar-refractivity contribution in [3.63, 3.8) is 0 Å². The molecule has 0 fully saturated rings. The number of carbonyl (C=O) groups is 2. The van der Waals surface area contributed by atoms with Crippen molar-refractivity contribution in [1.29, 1.82) is 0 Å². The number of Topliss-reactive ketones (excluding diaryl/α,β-unsaturated/α-hetero) is 2. The van der Waals surface area contributed by atoms with Gasteiger partial charge in [-0.3, -0.25) is 9.59 Å². The first-order valence-electron chi connectivity index (χ1n) is 8.45. The Kier molecular flexibility index (Phi) is 23.3. The largest absolute Gasteiger partial charge is 0.379 e. The molecule has 0 rings (SSSR count). The highest BCUT2D eigenvalue weighted by Crippen LogP contribution is 1.94. The predicted molar refractivity (Wildman–Crippen MR) is 92.0 cm³/mol. The summed E-state index contributed by atoms with van der Waals surface area (Å²) in [5.74, 6) is -0.272. The summed E-state index contributed by atoms with van der Waals surface area (Å²) in [4.78, 5) is 22.2. The summed E-state index contributed by atoms with van der Waals surface area (Å²) in [6.07, 6.45) is 0.983. The predicted octanol–water partition coefficient (Wildman–Crippen LogP) is -0.0852. The Labute approximate surface area is 145 Å². The van der Waals surface area contributed by atoms with Crippen LogP contribution in [0.3, 0.4) is 0 Å². The highest BCUT2D eigenvalue weighted by atomic mass is 16.5. The summed E-state index contributed by atoms with van der Waals surface area (Å²) >= 11 is 0. The third-order valence-corrected chi connectivity index (χ3v) is 2.50. The fourth-order valence-electron chi connectivity index (χ4n) is 1.41. The molecule has 0 spiro atoms. The highest BCUT2D eigenvalue weighted by Gasteiger charge is 2.04. The normalized spacial score (nSPS) is 10.2. The SMILES string of the molecule is CC.NCCOCCOCCOCCCC(=O)COCC(=O)CN. The summed E-state index contributed by atoms with van der Waals surface area (Å²) in [6, 6.07) is 0. The maximum absolute atomic E-state index is 11.4. The van der Waals surface area contributed by atoms with Gasteiger partial charge in [-0.1, -0.05) is 13.8 Å². The molecule has 0 bridgehead atoms. The minimum Gasteiger partial charge on any atom is -0.379 e. The van der Waals surface area contributed by atoms with Crippen LogP contribution in [0.2, 0.25) is 0 Å². The minimum atomic E-state index is -0.218. The number of hydrogen-bond acceptors (Lipinski definition) is 8. The lowest BCUT2D eigenvalue weighted by atomic mass is 10.2. The van der Waals surface area contributed by atoms with Crippen LogP contribution in [0.4, 0.5) is 0 Å². The van der Waals surface area contributed by atoms with E-state index in [9.17, 15) is 9.59 Å². The lowest BCUT2D eigenvalue weighted by Crippen LogP contribution is -2.21. The molecule has 0 saturated carbocycles. The maximum Gasteiger partial charge on any atom is 0.171 e. The van der Waals surface area contributed by atoms with Crippen molar-refractivity contribution in [3.05, 3.63) is 0 Å². The van der Waals surface area contributed by atoms with Gasteiger partial charge in [0.2, 0.25) is 0 Å². The first-order chi connectivity index (χ1) is 11.7. The maximum atomic E-state index is 11.4. The van der Waals surface area contributed by atoms with Gasteiger partial charge in [0.1, 0.15) is 13.2 Å². The molecule has 0 radical (unpaired) electrons. The van der Waals surface area contributed by atoms with Crippen LogP contribution >= 0.6 is 0 Å². The van der Waals surface area contributed by atoms with E-state index in [0.29, 0.717) is 59.0 Å². The van der Waals surface area contributed by atoms with Gasteiger partial charge in [-0.05, 0) is 6.42 Å². The van der Waals surface area contributed by atoms with E-state index in [0.717, 1.165) is 0 Å². The zero-order valence-electron chi connectivity index (χ0n) is 15.1. The average molecular weight is 350 g/mol. The standard InChI is InChI=1S/C14H28N2O6.C2H6/c15-3-5-20-7-9-21-8-6-19-4-1-2-13(17)11-22-12-14(18)10-16;1-2/h1-12,15-16H2;1-2H3. The van der Waals surface area contributed by atoms with Gasteiger partial charge in [-0.15, -0.1) is 0 Å². The third kappa shape index (κ3) is 21.1. The Morgan fingerprint density at radius 3 is 1.75 bits per heavy atom. The van der Waals surface area contributed by atoms with Crippen molar-refractivity contribution in [3.8, 4) is 0 Å². The molecule has 0 saturated heterocycles. The van der Waals surface area contributed by atoms with Crippen molar-refractivity contribution in [1.82, 2.24) is 0 Å². The second-order valence-corrected chi connectivity index (χ2v) is 4.50. The number of rotatable bonds is 17. The molecule has 0 aromatic carbocycles. The Morgan fingerprint density at radius 1 is 0.708 bits per heavy atom. The highest BCUT2D eigenvalue weighted by molar-refractivity contribution is 5.82. The first kappa shape index (κ1) is 25.3. The smallest absolute Gasteiger partial charge is 0.171 e. The second-order valence-electron chi connectivity index (χ2n) is 4.50. The molecule has 0 unspecified atom stereocenters. The Bertz CT molecular complexity index is 290. The summed E-state index contributed by atoms with van der Waals surface area (Å²) in [6.45, 7) is 7.32. The molecule has 0 aliphatic heterocycles. The summed E-state index contributed by atoms with van der Waals surface area (Å²) < 4.78 is 20.7. The third-order valence-electron chi connectivity index (χ3n) is 2.50. The molecule has 0 heterocycles. The van der Waals surface area contributed by atoms with Crippen LogP contribution in [0.25, 0.3) is 0 Å². The number of ether oxygens (including phenoxy) is 4. The number of carbonyl (C=O) groups excluding carboxylic acids is 2. The summed E-state index contributed by atoms with van der Waals surface area (Å²) in [5.41, 5.74) is 10.4. The van der Waals surface area contributed by atoms with E-state index in [-0.39, 0.29) is 31.3 Å². The van der Waals surface area contributed by atoms with Gasteiger partial charge in [0.15, 0.2) is 11.6 Å². The number of nitrogens with two attached hydrogens (primary N) is 2. The van der Waals surface area contributed by atoms with Gasteiger partial charge in [-0.25, -0.2) is 0 Å². The monoisotopic (exact) mass is 350 g/mol. The molecular formula is C16H34N2O6. The van der Waals surface area contributed by atoms with E-state index >= 15 is 0 Å².